The van der Waals surface area contributed by atoms with Gasteiger partial charge in [-0.1, -0.05) is 0 Å². The van der Waals surface area contributed by atoms with Crippen molar-refractivity contribution in [3.63, 3.8) is 0 Å². The van der Waals surface area contributed by atoms with Crippen molar-refractivity contribution in [1.82, 2.24) is 4.90 Å². The van der Waals surface area contributed by atoms with Crippen LogP contribution in [-0.4, -0.2) is 50.1 Å². The molecule has 1 aliphatic rings. The SMILES string of the molecule is CCOC(=O)C1CCCN1C(=O)c1ccc(N(C)C)cc1. The molecule has 1 fully saturated rings. The van der Waals surface area contributed by atoms with Crippen LogP contribution in [-0.2, 0) is 9.53 Å². The second-order valence-corrected chi connectivity index (χ2v) is 5.35. The van der Waals surface area contributed by atoms with Gasteiger partial charge in [-0.3, -0.25) is 4.79 Å². The molecule has 0 saturated carbocycles. The second kappa shape index (κ2) is 6.61. The van der Waals surface area contributed by atoms with Gasteiger partial charge in [-0.2, -0.15) is 0 Å². The molecule has 1 aromatic rings. The molecule has 1 aromatic carbocycles. The normalized spacial score (nSPS) is 17.7. The fourth-order valence-electron chi connectivity index (χ4n) is 2.56. The zero-order chi connectivity index (χ0) is 15.4. The van der Waals surface area contributed by atoms with Crippen LogP contribution in [0.1, 0.15) is 30.1 Å². The summed E-state index contributed by atoms with van der Waals surface area (Å²) in [6.45, 7) is 2.73. The van der Waals surface area contributed by atoms with Gasteiger partial charge in [0, 0.05) is 31.9 Å². The van der Waals surface area contributed by atoms with Crippen molar-refractivity contribution >= 4 is 17.6 Å². The summed E-state index contributed by atoms with van der Waals surface area (Å²) in [4.78, 5) is 28.1. The summed E-state index contributed by atoms with van der Waals surface area (Å²) in [7, 11) is 3.90. The Balaban J connectivity index is 2.13. The molecule has 1 amide bonds. The lowest BCUT2D eigenvalue weighted by atomic mass is 10.1. The van der Waals surface area contributed by atoms with Gasteiger partial charge in [-0.15, -0.1) is 0 Å². The smallest absolute Gasteiger partial charge is 0.328 e. The van der Waals surface area contributed by atoms with Crippen molar-refractivity contribution in [2.24, 2.45) is 0 Å². The fraction of sp³-hybridized carbons (Fsp3) is 0.500. The Labute approximate surface area is 125 Å². The average Bonchev–Trinajstić information content (AvgIpc) is 2.96. The van der Waals surface area contributed by atoms with Gasteiger partial charge in [-0.25, -0.2) is 4.79 Å². The van der Waals surface area contributed by atoms with E-state index in [1.54, 1.807) is 24.0 Å². The third-order valence-corrected chi connectivity index (χ3v) is 3.70. The summed E-state index contributed by atoms with van der Waals surface area (Å²) in [6, 6.07) is 6.98. The van der Waals surface area contributed by atoms with E-state index >= 15 is 0 Å². The maximum atomic E-state index is 12.6. The highest BCUT2D eigenvalue weighted by Gasteiger charge is 2.35. The molecular formula is C16H22N2O3. The molecule has 21 heavy (non-hydrogen) atoms. The van der Waals surface area contributed by atoms with Gasteiger partial charge >= 0.3 is 5.97 Å². The summed E-state index contributed by atoms with van der Waals surface area (Å²) in [5.74, 6) is -0.399. The number of carbonyl (C=O) groups excluding carboxylic acids is 2. The Morgan fingerprint density at radius 2 is 1.95 bits per heavy atom. The van der Waals surface area contributed by atoms with E-state index in [4.69, 9.17) is 4.74 Å². The molecule has 0 bridgehead atoms. The van der Waals surface area contributed by atoms with Crippen molar-refractivity contribution in [2.45, 2.75) is 25.8 Å². The molecule has 2 rings (SSSR count). The van der Waals surface area contributed by atoms with Gasteiger partial charge in [0.15, 0.2) is 0 Å². The lowest BCUT2D eigenvalue weighted by Crippen LogP contribution is -2.41. The van der Waals surface area contributed by atoms with E-state index < -0.39 is 6.04 Å². The molecule has 0 N–H and O–H groups in total. The van der Waals surface area contributed by atoms with Gasteiger partial charge in [-0.05, 0) is 44.0 Å². The topological polar surface area (TPSA) is 49.9 Å². The highest BCUT2D eigenvalue weighted by Crippen LogP contribution is 2.22. The molecule has 114 valence electrons. The highest BCUT2D eigenvalue weighted by molar-refractivity contribution is 5.97. The van der Waals surface area contributed by atoms with Gasteiger partial charge in [0.1, 0.15) is 6.04 Å². The van der Waals surface area contributed by atoms with Gasteiger partial charge in [0.2, 0.25) is 0 Å². The average molecular weight is 290 g/mol. The first-order chi connectivity index (χ1) is 10.0. The Morgan fingerprint density at radius 3 is 2.52 bits per heavy atom. The van der Waals surface area contributed by atoms with Crippen LogP contribution in [0.5, 0.6) is 0 Å². The van der Waals surface area contributed by atoms with Crippen LogP contribution in [0.4, 0.5) is 5.69 Å². The molecular weight excluding hydrogens is 268 g/mol. The van der Waals surface area contributed by atoms with E-state index in [0.717, 1.165) is 12.1 Å². The summed E-state index contributed by atoms with van der Waals surface area (Å²) >= 11 is 0. The van der Waals surface area contributed by atoms with Crippen molar-refractivity contribution in [3.05, 3.63) is 29.8 Å². The van der Waals surface area contributed by atoms with Gasteiger partial charge in [0.25, 0.3) is 5.91 Å². The van der Waals surface area contributed by atoms with Crippen LogP contribution in [0.25, 0.3) is 0 Å². The number of nitrogens with zero attached hydrogens (tertiary/aromatic N) is 2. The summed E-state index contributed by atoms with van der Waals surface area (Å²) in [5.41, 5.74) is 1.65. The number of ether oxygens (including phenoxy) is 1. The van der Waals surface area contributed by atoms with Crippen molar-refractivity contribution in [3.8, 4) is 0 Å². The zero-order valence-electron chi connectivity index (χ0n) is 12.8. The van der Waals surface area contributed by atoms with Crippen LogP contribution < -0.4 is 4.90 Å². The molecule has 0 aliphatic carbocycles. The van der Waals surface area contributed by atoms with Gasteiger partial charge in [0.05, 0.1) is 6.61 Å². The van der Waals surface area contributed by atoms with Crippen LogP contribution >= 0.6 is 0 Å². The van der Waals surface area contributed by atoms with Crippen molar-refractivity contribution < 1.29 is 14.3 Å². The quantitative estimate of drug-likeness (QED) is 0.795. The molecule has 5 nitrogen and oxygen atoms in total. The molecule has 0 aromatic heterocycles. The Bertz CT molecular complexity index is 511. The standard InChI is InChI=1S/C16H22N2O3/c1-4-21-16(20)14-6-5-11-18(14)15(19)12-7-9-13(10-8-12)17(2)3/h7-10,14H,4-6,11H2,1-3H3. The first-order valence-corrected chi connectivity index (χ1v) is 7.29. The number of hydrogen-bond donors (Lipinski definition) is 0. The first kappa shape index (κ1) is 15.4. The number of anilines is 1. The van der Waals surface area contributed by atoms with Crippen LogP contribution in [0.3, 0.4) is 0 Å². The Hall–Kier alpha value is -2.04. The number of esters is 1. The number of rotatable bonds is 4. The Kier molecular flexibility index (Phi) is 4.83. The number of hydrogen-bond acceptors (Lipinski definition) is 4. The fourth-order valence-corrected chi connectivity index (χ4v) is 2.56. The van der Waals surface area contributed by atoms with E-state index in [9.17, 15) is 9.59 Å². The molecule has 1 atom stereocenters. The van der Waals surface area contributed by atoms with E-state index in [1.165, 1.54) is 0 Å². The zero-order valence-corrected chi connectivity index (χ0v) is 12.8. The van der Waals surface area contributed by atoms with E-state index in [-0.39, 0.29) is 11.9 Å². The molecule has 1 unspecified atom stereocenters. The number of benzene rings is 1. The van der Waals surface area contributed by atoms with Crippen LogP contribution in [0.2, 0.25) is 0 Å². The number of amides is 1. The second-order valence-electron chi connectivity index (χ2n) is 5.35. The summed E-state index contributed by atoms with van der Waals surface area (Å²) in [5, 5.41) is 0. The maximum absolute atomic E-state index is 12.6. The van der Waals surface area contributed by atoms with Gasteiger partial charge < -0.3 is 14.5 Å². The van der Waals surface area contributed by atoms with E-state index in [2.05, 4.69) is 0 Å². The lowest BCUT2D eigenvalue weighted by molar-refractivity contribution is -0.147. The number of likely N-dealkylation sites (tertiary alicyclic amines) is 1. The monoisotopic (exact) mass is 290 g/mol. The molecule has 5 heteroatoms. The van der Waals surface area contributed by atoms with Crippen LogP contribution in [0, 0.1) is 0 Å². The lowest BCUT2D eigenvalue weighted by Gasteiger charge is -2.23. The van der Waals surface area contributed by atoms with Crippen molar-refractivity contribution in [1.29, 1.82) is 0 Å². The molecule has 0 spiro atoms. The third kappa shape index (κ3) is 3.35. The van der Waals surface area contributed by atoms with E-state index in [0.29, 0.717) is 25.1 Å². The molecule has 1 aliphatic heterocycles. The van der Waals surface area contributed by atoms with Crippen molar-refractivity contribution in [2.75, 3.05) is 32.1 Å². The van der Waals surface area contributed by atoms with E-state index in [1.807, 2.05) is 31.1 Å². The minimum absolute atomic E-state index is 0.101. The molecule has 1 saturated heterocycles. The third-order valence-electron chi connectivity index (χ3n) is 3.70. The highest BCUT2D eigenvalue weighted by atomic mass is 16.5. The minimum Gasteiger partial charge on any atom is -0.464 e. The van der Waals surface area contributed by atoms with Crippen LogP contribution in [0.15, 0.2) is 24.3 Å². The molecule has 0 radical (unpaired) electrons. The largest absolute Gasteiger partial charge is 0.464 e. The first-order valence-electron chi connectivity index (χ1n) is 7.29. The summed E-state index contributed by atoms with van der Waals surface area (Å²) < 4.78 is 5.05. The maximum Gasteiger partial charge on any atom is 0.328 e. The number of carbonyl (C=O) groups is 2. The summed E-state index contributed by atoms with van der Waals surface area (Å²) in [6.07, 6.45) is 1.52. The minimum atomic E-state index is -0.439. The predicted octanol–water partition coefficient (Wildman–Crippen LogP) is 1.92. The predicted molar refractivity (Wildman–Crippen MR) is 81.5 cm³/mol. The molecule has 1 heterocycles. The Morgan fingerprint density at radius 1 is 1.29 bits per heavy atom.